The zero-order valence-electron chi connectivity index (χ0n) is 30.9. The third kappa shape index (κ3) is 7.95. The smallest absolute Gasteiger partial charge is 0.320 e. The van der Waals surface area contributed by atoms with Gasteiger partial charge in [-0.25, -0.2) is 0 Å². The monoisotopic (exact) mass is 699 g/mol. The van der Waals surface area contributed by atoms with E-state index in [1.807, 2.05) is 32.8 Å². The summed E-state index contributed by atoms with van der Waals surface area (Å²) in [6.07, 6.45) is -1.32. The Kier molecular flexibility index (Phi) is 13.3. The van der Waals surface area contributed by atoms with Gasteiger partial charge in [0, 0.05) is 37.7 Å². The van der Waals surface area contributed by atoms with Crippen LogP contribution in [0, 0.1) is 29.6 Å². The van der Waals surface area contributed by atoms with Crippen molar-refractivity contribution in [3.63, 3.8) is 0 Å². The van der Waals surface area contributed by atoms with E-state index in [-0.39, 0.29) is 24.3 Å². The lowest BCUT2D eigenvalue weighted by atomic mass is 9.70. The molecule has 0 bridgehead atoms. The number of hydrogen-bond donors (Lipinski definition) is 0. The molecule has 0 unspecified atom stereocenters. The van der Waals surface area contributed by atoms with Gasteiger partial charge < -0.3 is 33.3 Å². The lowest BCUT2D eigenvalue weighted by molar-refractivity contribution is -0.298. The Morgan fingerprint density at radius 3 is 2.15 bits per heavy atom. The van der Waals surface area contributed by atoms with Crippen LogP contribution >= 0.6 is 11.8 Å². The van der Waals surface area contributed by atoms with Crippen molar-refractivity contribution in [1.29, 1.82) is 0 Å². The summed E-state index contributed by atoms with van der Waals surface area (Å²) in [6.45, 7) is 15.3. The summed E-state index contributed by atoms with van der Waals surface area (Å²) < 4.78 is 36.8. The van der Waals surface area contributed by atoms with Crippen molar-refractivity contribution in [1.82, 2.24) is 4.90 Å². The molecule has 0 amide bonds. The second-order valence-corrected chi connectivity index (χ2v) is 15.5. The molecule has 0 aromatic rings. The van der Waals surface area contributed by atoms with Gasteiger partial charge >= 0.3 is 17.9 Å². The van der Waals surface area contributed by atoms with E-state index in [1.54, 1.807) is 40.9 Å². The largest absolute Gasteiger partial charge is 0.458 e. The first-order valence-electron chi connectivity index (χ1n) is 17.0. The minimum atomic E-state index is -1.29. The van der Waals surface area contributed by atoms with Crippen molar-refractivity contribution in [3.05, 3.63) is 0 Å². The minimum Gasteiger partial charge on any atom is -0.458 e. The van der Waals surface area contributed by atoms with Crippen LogP contribution in [0.15, 0.2) is 0 Å². The number of carbonyl (C=O) groups is 5. The molecule has 3 rings (SSSR count). The van der Waals surface area contributed by atoms with Gasteiger partial charge in [-0.2, -0.15) is 0 Å². The average molecular weight is 700 g/mol. The molecule has 12 nitrogen and oxygen atoms in total. The second kappa shape index (κ2) is 15.9. The van der Waals surface area contributed by atoms with Crippen LogP contribution in [-0.4, -0.2) is 115 Å². The fourth-order valence-corrected chi connectivity index (χ4v) is 9.16. The minimum absolute atomic E-state index is 0.121. The Morgan fingerprint density at radius 1 is 1.00 bits per heavy atom. The van der Waals surface area contributed by atoms with E-state index in [0.717, 1.165) is 0 Å². The lowest BCUT2D eigenvalue weighted by Gasteiger charge is -2.47. The van der Waals surface area contributed by atoms with Crippen LogP contribution in [0.2, 0.25) is 0 Å². The highest BCUT2D eigenvalue weighted by Gasteiger charge is 2.61. The number of hydrogen-bond acceptors (Lipinski definition) is 13. The number of ketones is 2. The van der Waals surface area contributed by atoms with Crippen LogP contribution in [0.5, 0.6) is 0 Å². The quantitative estimate of drug-likeness (QED) is 0.216. The van der Waals surface area contributed by atoms with Crippen LogP contribution in [-0.2, 0) is 52.4 Å². The van der Waals surface area contributed by atoms with E-state index in [4.69, 9.17) is 28.4 Å². The van der Waals surface area contributed by atoms with E-state index < -0.39 is 94.3 Å². The second-order valence-electron chi connectivity index (χ2n) is 14.6. The topological polar surface area (TPSA) is 144 Å². The molecular formula is C35H57NO11S. The number of cyclic esters (lactones) is 1. The Bertz CT molecular complexity index is 1210. The first-order chi connectivity index (χ1) is 22.3. The molecule has 3 saturated heterocycles. The Hall–Kier alpha value is -2.06. The molecule has 3 aliphatic heterocycles. The highest BCUT2D eigenvalue weighted by atomic mass is 32.2. The number of nitrogens with zero attached hydrogens (tertiary/aromatic N) is 1. The molecule has 3 aliphatic rings. The van der Waals surface area contributed by atoms with Crippen LogP contribution in [0.4, 0.5) is 0 Å². The van der Waals surface area contributed by atoms with Crippen LogP contribution in [0.25, 0.3) is 0 Å². The van der Waals surface area contributed by atoms with Gasteiger partial charge in [0.1, 0.15) is 23.1 Å². The number of carbonyl (C=O) groups excluding carboxylic acids is 5. The van der Waals surface area contributed by atoms with Gasteiger partial charge in [-0.05, 0) is 67.3 Å². The zero-order chi connectivity index (χ0) is 36.5. The number of fused-ring (bicyclic) bond motifs is 1. The molecule has 0 N–H and O–H groups in total. The lowest BCUT2D eigenvalue weighted by Crippen LogP contribution is -2.60. The van der Waals surface area contributed by atoms with Crippen molar-refractivity contribution in [2.24, 2.45) is 29.6 Å². The summed E-state index contributed by atoms with van der Waals surface area (Å²) in [6, 6.07) is -0.253. The molecule has 0 aliphatic carbocycles. The maximum absolute atomic E-state index is 14.3. The third-order valence-electron chi connectivity index (χ3n) is 10.8. The molecule has 0 aromatic heterocycles. The molecule has 0 saturated carbocycles. The molecular weight excluding hydrogens is 642 g/mol. The highest BCUT2D eigenvalue weighted by Crippen LogP contribution is 2.48. The van der Waals surface area contributed by atoms with Crippen molar-refractivity contribution in [2.45, 2.75) is 135 Å². The van der Waals surface area contributed by atoms with Crippen LogP contribution in [0.3, 0.4) is 0 Å². The molecule has 0 spiro atoms. The molecule has 274 valence electrons. The summed E-state index contributed by atoms with van der Waals surface area (Å²) >= 11 is 1.30. The Balaban J connectivity index is 2.16. The molecule has 3 fully saturated rings. The van der Waals surface area contributed by atoms with E-state index in [0.29, 0.717) is 12.8 Å². The third-order valence-corrected chi connectivity index (χ3v) is 11.8. The summed E-state index contributed by atoms with van der Waals surface area (Å²) in [4.78, 5) is 69.6. The Morgan fingerprint density at radius 2 is 1.62 bits per heavy atom. The summed E-state index contributed by atoms with van der Waals surface area (Å²) in [5.41, 5.74) is -2.55. The van der Waals surface area contributed by atoms with Crippen molar-refractivity contribution in [3.8, 4) is 0 Å². The molecule has 3 heterocycles. The predicted molar refractivity (Wildman–Crippen MR) is 179 cm³/mol. The zero-order valence-corrected chi connectivity index (χ0v) is 31.7. The van der Waals surface area contributed by atoms with Gasteiger partial charge in [0.25, 0.3) is 0 Å². The number of Topliss-reactive ketones (excluding diaryl/α,β-unsaturated/α-hetero) is 2. The highest BCUT2D eigenvalue weighted by molar-refractivity contribution is 7.99. The standard InChI is InChI=1S/C35H57NO11S/c1-14-24-35(9)25(29(48-13)32(41)47-35)19(4)26(38)17(2)16-34(8,42-12)30(20(5)27(39)21(6)31(40)45-24)46-33-28(44-22(7)37)23(36(10)11)15-18(3)43-33/h17-21,23-25,28-30,33H,14-16H2,1-13H3/t17-,18-,19-,20+,21-,23+,24-,25+,28-,29+,30-,33+,34-,35-/m1/s1. The van der Waals surface area contributed by atoms with Gasteiger partial charge in [0.05, 0.1) is 23.9 Å². The Labute approximate surface area is 290 Å². The van der Waals surface area contributed by atoms with Gasteiger partial charge in [-0.1, -0.05) is 27.7 Å². The van der Waals surface area contributed by atoms with Crippen LogP contribution < -0.4 is 0 Å². The van der Waals surface area contributed by atoms with E-state index in [9.17, 15) is 24.0 Å². The summed E-state index contributed by atoms with van der Waals surface area (Å²) in [5, 5.41) is -0.654. The van der Waals surface area contributed by atoms with Gasteiger partial charge in [-0.3, -0.25) is 24.0 Å². The maximum Gasteiger partial charge on any atom is 0.320 e. The predicted octanol–water partition coefficient (Wildman–Crippen LogP) is 3.84. The number of esters is 3. The molecule has 0 radical (unpaired) electrons. The first-order valence-corrected chi connectivity index (χ1v) is 18.3. The summed E-state index contributed by atoms with van der Waals surface area (Å²) in [5.74, 6) is -6.35. The van der Waals surface area contributed by atoms with E-state index in [1.165, 1.54) is 32.7 Å². The normalized spacial score (nSPS) is 43.3. The van der Waals surface area contributed by atoms with Gasteiger partial charge in [-0.15, -0.1) is 11.8 Å². The number of likely N-dealkylation sites (N-methyl/N-ethyl adjacent to an activating group) is 1. The van der Waals surface area contributed by atoms with Crippen LogP contribution in [0.1, 0.15) is 81.6 Å². The van der Waals surface area contributed by atoms with Gasteiger partial charge in [0.15, 0.2) is 23.8 Å². The van der Waals surface area contributed by atoms with E-state index >= 15 is 0 Å². The van der Waals surface area contributed by atoms with Crippen molar-refractivity contribution in [2.75, 3.05) is 27.5 Å². The SMILES string of the molecule is CC[C@H]1OC(=O)[C@H](C)C(=O)[C@H](C)[C@@H](O[C@@H]2O[C@H](C)C[C@H](N(C)C)[C@H]2OC(C)=O)[C@](C)(OC)C[C@@H](C)C(=O)[C@H](C)[C@H]2[C@H](SC)C(=O)O[C@@]21C. The number of rotatable bonds is 7. The van der Waals surface area contributed by atoms with Crippen molar-refractivity contribution < 1.29 is 52.4 Å². The number of methoxy groups -OCH3 is 1. The molecule has 13 heteroatoms. The fourth-order valence-electron chi connectivity index (χ4n) is 8.12. The average Bonchev–Trinajstić information content (AvgIpc) is 3.29. The number of ether oxygens (including phenoxy) is 6. The molecule has 14 atom stereocenters. The summed E-state index contributed by atoms with van der Waals surface area (Å²) in [7, 11) is 5.25. The first kappa shape index (κ1) is 40.4. The molecule has 48 heavy (non-hydrogen) atoms. The van der Waals surface area contributed by atoms with E-state index in [2.05, 4.69) is 0 Å². The fraction of sp³-hybridized carbons (Fsp3) is 0.857. The van der Waals surface area contributed by atoms with Crippen molar-refractivity contribution >= 4 is 41.2 Å². The van der Waals surface area contributed by atoms with Gasteiger partial charge in [0.2, 0.25) is 0 Å². The maximum atomic E-state index is 14.3. The molecule has 0 aromatic carbocycles. The number of thioether (sulfide) groups is 1.